The van der Waals surface area contributed by atoms with Crippen LogP contribution in [0.15, 0.2) is 42.5 Å². The predicted octanol–water partition coefficient (Wildman–Crippen LogP) is 3.87. The van der Waals surface area contributed by atoms with Gasteiger partial charge in [0.05, 0.1) is 16.8 Å². The number of carbonyl (C=O) groups excluding carboxylic acids is 2. The molecule has 0 atom stereocenters. The van der Waals surface area contributed by atoms with Crippen molar-refractivity contribution in [2.24, 2.45) is 0 Å². The second kappa shape index (κ2) is 7.74. The van der Waals surface area contributed by atoms with Gasteiger partial charge in [-0.3, -0.25) is 9.59 Å². The van der Waals surface area contributed by atoms with E-state index < -0.39 is 11.7 Å². The number of hydrogen-bond acceptors (Lipinski definition) is 2. The van der Waals surface area contributed by atoms with Crippen LogP contribution in [0.5, 0.6) is 0 Å². The lowest BCUT2D eigenvalue weighted by atomic mass is 10.1. The number of hydrogen-bond donors (Lipinski definition) is 2. The molecule has 0 spiro atoms. The fraction of sp³-hybridized carbons (Fsp3) is 0.176. The van der Waals surface area contributed by atoms with E-state index in [0.717, 1.165) is 12.5 Å². The van der Waals surface area contributed by atoms with E-state index in [9.17, 15) is 14.0 Å². The summed E-state index contributed by atoms with van der Waals surface area (Å²) in [5, 5.41) is 5.51. The van der Waals surface area contributed by atoms with E-state index in [1.807, 2.05) is 6.92 Å². The number of nitrogens with one attached hydrogen (secondary N) is 2. The maximum Gasteiger partial charge on any atom is 0.258 e. The van der Waals surface area contributed by atoms with E-state index >= 15 is 0 Å². The number of amides is 2. The summed E-state index contributed by atoms with van der Waals surface area (Å²) in [4.78, 5) is 24.3. The molecule has 2 amide bonds. The molecule has 0 saturated heterocycles. The zero-order valence-electron chi connectivity index (χ0n) is 12.5. The largest absolute Gasteiger partial charge is 0.352 e. The molecule has 0 aromatic heterocycles. The van der Waals surface area contributed by atoms with Gasteiger partial charge in [0.25, 0.3) is 11.8 Å². The average Bonchev–Trinajstić information content (AvgIpc) is 2.53. The Morgan fingerprint density at radius 3 is 2.52 bits per heavy atom. The van der Waals surface area contributed by atoms with Crippen LogP contribution < -0.4 is 10.6 Å². The molecule has 23 heavy (non-hydrogen) atoms. The van der Waals surface area contributed by atoms with Gasteiger partial charge in [0.15, 0.2) is 0 Å². The minimum absolute atomic E-state index is 0.141. The van der Waals surface area contributed by atoms with Gasteiger partial charge in [0.2, 0.25) is 0 Å². The summed E-state index contributed by atoms with van der Waals surface area (Å²) in [7, 11) is 0. The molecule has 4 nitrogen and oxygen atoms in total. The van der Waals surface area contributed by atoms with Gasteiger partial charge in [-0.05, 0) is 36.8 Å². The van der Waals surface area contributed by atoms with Crippen LogP contribution in [-0.2, 0) is 0 Å². The molecule has 6 heteroatoms. The van der Waals surface area contributed by atoms with E-state index in [-0.39, 0.29) is 16.5 Å². The molecule has 2 aromatic carbocycles. The Balaban J connectivity index is 2.23. The highest BCUT2D eigenvalue weighted by Crippen LogP contribution is 2.19. The van der Waals surface area contributed by atoms with Gasteiger partial charge in [-0.15, -0.1) is 0 Å². The summed E-state index contributed by atoms with van der Waals surface area (Å²) >= 11 is 5.67. The third kappa shape index (κ3) is 4.29. The van der Waals surface area contributed by atoms with Crippen LogP contribution in [0.25, 0.3) is 0 Å². The monoisotopic (exact) mass is 334 g/mol. The number of anilines is 1. The lowest BCUT2D eigenvalue weighted by Crippen LogP contribution is -2.26. The molecule has 2 aromatic rings. The first-order valence-electron chi connectivity index (χ1n) is 7.16. The molecule has 2 rings (SSSR count). The van der Waals surface area contributed by atoms with Crippen LogP contribution in [0.4, 0.5) is 10.1 Å². The van der Waals surface area contributed by atoms with E-state index in [4.69, 9.17) is 11.6 Å². The fourth-order valence-corrected chi connectivity index (χ4v) is 2.15. The maximum absolute atomic E-state index is 13.8. The Labute approximate surface area is 138 Å². The zero-order chi connectivity index (χ0) is 16.8. The first kappa shape index (κ1) is 17.0. The number of carbonyl (C=O) groups is 2. The van der Waals surface area contributed by atoms with Crippen molar-refractivity contribution < 1.29 is 14.0 Å². The van der Waals surface area contributed by atoms with Crippen LogP contribution in [0.2, 0.25) is 5.02 Å². The normalized spacial score (nSPS) is 10.2. The average molecular weight is 335 g/mol. The maximum atomic E-state index is 13.8. The molecule has 0 radical (unpaired) electrons. The highest BCUT2D eigenvalue weighted by atomic mass is 35.5. The topological polar surface area (TPSA) is 58.2 Å². The first-order chi connectivity index (χ1) is 11.0. The molecule has 0 unspecified atom stereocenters. The molecule has 0 aliphatic carbocycles. The summed E-state index contributed by atoms with van der Waals surface area (Å²) in [5.74, 6) is -1.66. The second-order valence-corrected chi connectivity index (χ2v) is 5.32. The standard InChI is InChI=1S/C17H16ClFN2O2/c1-2-9-20-16(22)13-5-3-4-6-15(13)21-17(23)12-8-7-11(18)10-14(12)19/h3-8,10H,2,9H2,1H3,(H,20,22)(H,21,23). The van der Waals surface area contributed by atoms with Crippen molar-refractivity contribution in [3.05, 3.63) is 64.4 Å². The molecule has 0 heterocycles. The summed E-state index contributed by atoms with van der Waals surface area (Å²) in [6.07, 6.45) is 0.802. The summed E-state index contributed by atoms with van der Waals surface area (Å²) < 4.78 is 13.8. The number of para-hydroxylation sites is 1. The Bertz CT molecular complexity index is 734. The molecule has 2 N–H and O–H groups in total. The van der Waals surface area contributed by atoms with Crippen LogP contribution in [0.1, 0.15) is 34.1 Å². The highest BCUT2D eigenvalue weighted by Gasteiger charge is 2.16. The third-order valence-corrected chi connectivity index (χ3v) is 3.37. The first-order valence-corrected chi connectivity index (χ1v) is 7.54. The van der Waals surface area contributed by atoms with Gasteiger partial charge in [-0.1, -0.05) is 30.7 Å². The van der Waals surface area contributed by atoms with Crippen LogP contribution in [-0.4, -0.2) is 18.4 Å². The van der Waals surface area contributed by atoms with E-state index in [1.165, 1.54) is 12.1 Å². The van der Waals surface area contributed by atoms with Gasteiger partial charge in [-0.2, -0.15) is 0 Å². The Morgan fingerprint density at radius 1 is 1.09 bits per heavy atom. The molecule has 0 aliphatic rings. The van der Waals surface area contributed by atoms with Gasteiger partial charge < -0.3 is 10.6 Å². The van der Waals surface area contributed by atoms with Gasteiger partial charge in [0.1, 0.15) is 5.82 Å². The van der Waals surface area contributed by atoms with E-state index in [1.54, 1.807) is 24.3 Å². The van der Waals surface area contributed by atoms with Gasteiger partial charge in [0, 0.05) is 11.6 Å². The molecule has 0 saturated carbocycles. The van der Waals surface area contributed by atoms with Crippen molar-refractivity contribution in [3.8, 4) is 0 Å². The van der Waals surface area contributed by atoms with Gasteiger partial charge in [-0.25, -0.2) is 4.39 Å². The second-order valence-electron chi connectivity index (χ2n) is 4.88. The minimum Gasteiger partial charge on any atom is -0.352 e. The molecule has 0 fully saturated rings. The Kier molecular flexibility index (Phi) is 5.71. The van der Waals surface area contributed by atoms with Crippen molar-refractivity contribution in [2.75, 3.05) is 11.9 Å². The summed E-state index contributed by atoms with van der Waals surface area (Å²) in [6.45, 7) is 2.48. The number of halogens is 2. The molecule has 0 bridgehead atoms. The van der Waals surface area contributed by atoms with E-state index in [2.05, 4.69) is 10.6 Å². The zero-order valence-corrected chi connectivity index (χ0v) is 13.3. The Hall–Kier alpha value is -2.40. The molecular formula is C17H16ClFN2O2. The van der Waals surface area contributed by atoms with Crippen LogP contribution >= 0.6 is 11.6 Å². The smallest absolute Gasteiger partial charge is 0.258 e. The van der Waals surface area contributed by atoms with Crippen molar-refractivity contribution in [1.29, 1.82) is 0 Å². The number of rotatable bonds is 5. The highest BCUT2D eigenvalue weighted by molar-refractivity contribution is 6.30. The molecular weight excluding hydrogens is 319 g/mol. The van der Waals surface area contributed by atoms with Crippen LogP contribution in [0.3, 0.4) is 0 Å². The van der Waals surface area contributed by atoms with E-state index in [0.29, 0.717) is 17.8 Å². The lowest BCUT2D eigenvalue weighted by molar-refractivity contribution is 0.0954. The number of benzene rings is 2. The third-order valence-electron chi connectivity index (χ3n) is 3.13. The van der Waals surface area contributed by atoms with Crippen LogP contribution in [0, 0.1) is 5.82 Å². The van der Waals surface area contributed by atoms with Crippen molar-refractivity contribution in [3.63, 3.8) is 0 Å². The minimum atomic E-state index is -0.720. The predicted molar refractivity (Wildman–Crippen MR) is 88.4 cm³/mol. The quantitative estimate of drug-likeness (QED) is 0.872. The van der Waals surface area contributed by atoms with Crippen molar-refractivity contribution >= 4 is 29.1 Å². The summed E-state index contributed by atoms with van der Waals surface area (Å²) in [5.41, 5.74) is 0.502. The summed E-state index contributed by atoms with van der Waals surface area (Å²) in [6, 6.07) is 10.4. The fourth-order valence-electron chi connectivity index (χ4n) is 1.99. The van der Waals surface area contributed by atoms with Crippen molar-refractivity contribution in [2.45, 2.75) is 13.3 Å². The lowest BCUT2D eigenvalue weighted by Gasteiger charge is -2.11. The SMILES string of the molecule is CCCNC(=O)c1ccccc1NC(=O)c1ccc(Cl)cc1F. The molecule has 0 aliphatic heterocycles. The Morgan fingerprint density at radius 2 is 1.83 bits per heavy atom. The van der Waals surface area contributed by atoms with Crippen molar-refractivity contribution in [1.82, 2.24) is 5.32 Å². The molecule has 120 valence electrons. The van der Waals surface area contributed by atoms with Gasteiger partial charge >= 0.3 is 0 Å².